The molecule has 0 radical (unpaired) electrons. The second-order valence-electron chi connectivity index (χ2n) is 21.7. The first-order chi connectivity index (χ1) is 35.5. The summed E-state index contributed by atoms with van der Waals surface area (Å²) in [4.78, 5) is 38.2. The first-order valence-corrected chi connectivity index (χ1v) is 32.0. The second-order valence-corrected chi connectivity index (χ2v) is 21.7. The van der Waals surface area contributed by atoms with Crippen LogP contribution in [0.25, 0.3) is 0 Å². The van der Waals surface area contributed by atoms with Crippen molar-refractivity contribution in [3.8, 4) is 0 Å². The lowest BCUT2D eigenvalue weighted by Gasteiger charge is -2.18. The van der Waals surface area contributed by atoms with Crippen LogP contribution >= 0.6 is 0 Å². The summed E-state index contributed by atoms with van der Waals surface area (Å²) in [5.41, 5.74) is 0. The van der Waals surface area contributed by atoms with Crippen LogP contribution in [0.4, 0.5) is 0 Å². The molecule has 0 heterocycles. The van der Waals surface area contributed by atoms with Crippen molar-refractivity contribution < 1.29 is 28.6 Å². The van der Waals surface area contributed by atoms with Crippen molar-refractivity contribution in [1.82, 2.24) is 0 Å². The molecule has 0 aliphatic rings. The number of carbonyl (C=O) groups excluding carboxylic acids is 3. The molecule has 72 heavy (non-hydrogen) atoms. The van der Waals surface area contributed by atoms with Gasteiger partial charge in [-0.05, 0) is 77.0 Å². The van der Waals surface area contributed by atoms with Gasteiger partial charge in [-0.2, -0.15) is 0 Å². The standard InChI is InChI=1S/C66H122O6/c1-4-7-10-13-16-19-22-25-27-28-29-30-31-32-33-34-35-36-37-38-40-41-44-47-50-53-56-59-65(68)71-62-63(61-70-64(67)58-55-52-49-46-43-24-21-18-15-12-9-6-3)72-66(69)60-57-54-51-48-45-42-39-26-23-20-17-14-11-8-5-2/h22,25-26,28-29,39,63H,4-21,23-24,27,30-38,40-62H2,1-3H3/b25-22-,29-28-,39-26-. The summed E-state index contributed by atoms with van der Waals surface area (Å²) < 4.78 is 16.9. The number of hydrogen-bond donors (Lipinski definition) is 0. The molecule has 1 unspecified atom stereocenters. The molecule has 422 valence electrons. The summed E-state index contributed by atoms with van der Waals surface area (Å²) in [5.74, 6) is -0.858. The van der Waals surface area contributed by atoms with Gasteiger partial charge in [0.2, 0.25) is 0 Å². The van der Waals surface area contributed by atoms with Gasteiger partial charge in [-0.1, -0.05) is 288 Å². The molecule has 0 aromatic rings. The largest absolute Gasteiger partial charge is 0.462 e. The number of hydrogen-bond acceptors (Lipinski definition) is 6. The van der Waals surface area contributed by atoms with Gasteiger partial charge in [-0.25, -0.2) is 0 Å². The smallest absolute Gasteiger partial charge is 0.306 e. The van der Waals surface area contributed by atoms with Crippen molar-refractivity contribution in [2.75, 3.05) is 13.2 Å². The van der Waals surface area contributed by atoms with E-state index in [-0.39, 0.29) is 31.1 Å². The van der Waals surface area contributed by atoms with Crippen LogP contribution in [-0.2, 0) is 28.6 Å². The van der Waals surface area contributed by atoms with E-state index in [1.807, 2.05) is 0 Å². The number of unbranched alkanes of at least 4 members (excludes halogenated alkanes) is 42. The van der Waals surface area contributed by atoms with Crippen molar-refractivity contribution in [2.24, 2.45) is 0 Å². The van der Waals surface area contributed by atoms with Crippen LogP contribution in [0.5, 0.6) is 0 Å². The van der Waals surface area contributed by atoms with Crippen LogP contribution < -0.4 is 0 Å². The lowest BCUT2D eigenvalue weighted by molar-refractivity contribution is -0.167. The number of allylic oxidation sites excluding steroid dienone is 6. The Morgan fingerprint density at radius 2 is 0.500 bits per heavy atom. The van der Waals surface area contributed by atoms with Gasteiger partial charge in [-0.3, -0.25) is 14.4 Å². The molecule has 0 aliphatic heterocycles. The predicted molar refractivity (Wildman–Crippen MR) is 312 cm³/mol. The molecule has 0 aliphatic carbocycles. The van der Waals surface area contributed by atoms with Crippen LogP contribution in [0.3, 0.4) is 0 Å². The van der Waals surface area contributed by atoms with E-state index in [0.717, 1.165) is 70.6 Å². The first kappa shape index (κ1) is 69.6. The lowest BCUT2D eigenvalue weighted by Crippen LogP contribution is -2.30. The van der Waals surface area contributed by atoms with E-state index in [9.17, 15) is 14.4 Å². The molecule has 0 saturated carbocycles. The van der Waals surface area contributed by atoms with E-state index in [4.69, 9.17) is 14.2 Å². The van der Waals surface area contributed by atoms with Gasteiger partial charge in [0.15, 0.2) is 6.10 Å². The minimum Gasteiger partial charge on any atom is -0.462 e. The Morgan fingerprint density at radius 3 is 0.778 bits per heavy atom. The van der Waals surface area contributed by atoms with Crippen molar-refractivity contribution in [2.45, 2.75) is 354 Å². The Labute approximate surface area is 448 Å². The summed E-state index contributed by atoms with van der Waals surface area (Å²) in [5, 5.41) is 0. The summed E-state index contributed by atoms with van der Waals surface area (Å²) in [6, 6.07) is 0. The van der Waals surface area contributed by atoms with E-state index < -0.39 is 6.10 Å². The van der Waals surface area contributed by atoms with Crippen LogP contribution in [0, 0.1) is 0 Å². The van der Waals surface area contributed by atoms with Gasteiger partial charge in [0.05, 0.1) is 0 Å². The lowest BCUT2D eigenvalue weighted by atomic mass is 10.0. The van der Waals surface area contributed by atoms with Gasteiger partial charge in [0.25, 0.3) is 0 Å². The minimum absolute atomic E-state index is 0.0707. The molecular formula is C66H122O6. The van der Waals surface area contributed by atoms with E-state index in [1.54, 1.807) is 0 Å². The number of rotatable bonds is 59. The summed E-state index contributed by atoms with van der Waals surface area (Å²) in [7, 11) is 0. The Hall–Kier alpha value is -2.37. The first-order valence-electron chi connectivity index (χ1n) is 32.0. The molecule has 0 aromatic heterocycles. The van der Waals surface area contributed by atoms with Gasteiger partial charge >= 0.3 is 17.9 Å². The topological polar surface area (TPSA) is 78.9 Å². The third kappa shape index (κ3) is 58.5. The molecule has 0 aromatic carbocycles. The van der Waals surface area contributed by atoms with Gasteiger partial charge in [0, 0.05) is 19.3 Å². The van der Waals surface area contributed by atoms with Crippen molar-refractivity contribution in [3.63, 3.8) is 0 Å². The Kier molecular flexibility index (Phi) is 59.2. The average molecular weight is 1010 g/mol. The quantitative estimate of drug-likeness (QED) is 0.0261. The van der Waals surface area contributed by atoms with Crippen LogP contribution in [-0.4, -0.2) is 37.2 Å². The zero-order valence-electron chi connectivity index (χ0n) is 48.5. The van der Waals surface area contributed by atoms with Gasteiger partial charge in [-0.15, -0.1) is 0 Å². The molecule has 0 amide bonds. The van der Waals surface area contributed by atoms with Gasteiger partial charge < -0.3 is 14.2 Å². The Morgan fingerprint density at radius 1 is 0.278 bits per heavy atom. The van der Waals surface area contributed by atoms with E-state index in [2.05, 4.69) is 57.2 Å². The highest BCUT2D eigenvalue weighted by atomic mass is 16.6. The molecular weight excluding hydrogens is 889 g/mol. The van der Waals surface area contributed by atoms with E-state index in [0.29, 0.717) is 19.3 Å². The SMILES string of the molecule is CCCCCCC/C=C\C/C=C\CCCCCCCCCCCCCCCCCC(=O)OCC(COC(=O)CCCCCCCCCCCCCC)OC(=O)CCCCCCC/C=C\CCCCCCCC. The molecule has 0 spiro atoms. The van der Waals surface area contributed by atoms with E-state index in [1.165, 1.54) is 238 Å². The van der Waals surface area contributed by atoms with Crippen molar-refractivity contribution >= 4 is 17.9 Å². The number of ether oxygens (including phenoxy) is 3. The number of esters is 3. The van der Waals surface area contributed by atoms with Gasteiger partial charge in [0.1, 0.15) is 13.2 Å². The maximum Gasteiger partial charge on any atom is 0.306 e. The Bertz CT molecular complexity index is 1210. The minimum atomic E-state index is -0.773. The summed E-state index contributed by atoms with van der Waals surface area (Å²) >= 11 is 0. The molecule has 6 nitrogen and oxygen atoms in total. The fourth-order valence-corrected chi connectivity index (χ4v) is 9.53. The summed E-state index contributed by atoms with van der Waals surface area (Å²) in [6.45, 7) is 6.66. The zero-order chi connectivity index (χ0) is 52.2. The summed E-state index contributed by atoms with van der Waals surface area (Å²) in [6.07, 6.45) is 74.4. The highest BCUT2D eigenvalue weighted by Gasteiger charge is 2.19. The highest BCUT2D eigenvalue weighted by Crippen LogP contribution is 2.17. The maximum absolute atomic E-state index is 12.9. The molecule has 0 saturated heterocycles. The molecule has 0 rings (SSSR count). The van der Waals surface area contributed by atoms with Crippen LogP contribution in [0.1, 0.15) is 348 Å². The van der Waals surface area contributed by atoms with Crippen LogP contribution in [0.15, 0.2) is 36.5 Å². The molecule has 0 N–H and O–H groups in total. The number of carbonyl (C=O) groups is 3. The zero-order valence-corrected chi connectivity index (χ0v) is 48.5. The average Bonchev–Trinajstić information content (AvgIpc) is 3.38. The maximum atomic E-state index is 12.9. The monoisotopic (exact) mass is 1010 g/mol. The fraction of sp³-hybridized carbons (Fsp3) is 0.864. The normalized spacial score (nSPS) is 12.2. The van der Waals surface area contributed by atoms with Crippen molar-refractivity contribution in [3.05, 3.63) is 36.5 Å². The highest BCUT2D eigenvalue weighted by molar-refractivity contribution is 5.71. The fourth-order valence-electron chi connectivity index (χ4n) is 9.53. The second kappa shape index (κ2) is 61.2. The van der Waals surface area contributed by atoms with Crippen molar-refractivity contribution in [1.29, 1.82) is 0 Å². The Balaban J connectivity index is 4.19. The third-order valence-corrected chi connectivity index (χ3v) is 14.4. The predicted octanol–water partition coefficient (Wildman–Crippen LogP) is 21.6. The molecule has 0 bridgehead atoms. The molecule has 1 atom stereocenters. The molecule has 0 fully saturated rings. The van der Waals surface area contributed by atoms with Crippen LogP contribution in [0.2, 0.25) is 0 Å². The molecule has 6 heteroatoms. The van der Waals surface area contributed by atoms with E-state index >= 15 is 0 Å². The third-order valence-electron chi connectivity index (χ3n) is 14.4.